The summed E-state index contributed by atoms with van der Waals surface area (Å²) in [5.41, 5.74) is 1.45. The number of nitrogens with one attached hydrogen (secondary N) is 1. The van der Waals surface area contributed by atoms with Crippen LogP contribution in [0.15, 0.2) is 30.3 Å². The van der Waals surface area contributed by atoms with Crippen LogP contribution in [0.5, 0.6) is 0 Å². The van der Waals surface area contributed by atoms with Crippen molar-refractivity contribution >= 4 is 24.8 Å². The van der Waals surface area contributed by atoms with Crippen molar-refractivity contribution in [2.75, 3.05) is 13.1 Å². The Morgan fingerprint density at radius 1 is 1.00 bits per heavy atom. The van der Waals surface area contributed by atoms with Crippen molar-refractivity contribution in [2.24, 2.45) is 0 Å². The van der Waals surface area contributed by atoms with Crippen molar-refractivity contribution in [1.29, 1.82) is 0 Å². The lowest BCUT2D eigenvalue weighted by atomic mass is 10.1. The number of halogens is 2. The van der Waals surface area contributed by atoms with E-state index < -0.39 is 0 Å². The van der Waals surface area contributed by atoms with Crippen LogP contribution in [-0.2, 0) is 6.54 Å². The van der Waals surface area contributed by atoms with E-state index in [2.05, 4.69) is 40.5 Å². The molecule has 17 heavy (non-hydrogen) atoms. The van der Waals surface area contributed by atoms with Gasteiger partial charge in [-0.25, -0.2) is 0 Å². The van der Waals surface area contributed by atoms with Gasteiger partial charge in [-0.1, -0.05) is 30.3 Å². The Hall–Kier alpha value is -0.280. The number of hydrogen-bond acceptors (Lipinski definition) is 2. The molecule has 0 aromatic heterocycles. The molecule has 0 saturated carbocycles. The summed E-state index contributed by atoms with van der Waals surface area (Å²) in [5.74, 6) is 0. The molecule has 2 aliphatic heterocycles. The van der Waals surface area contributed by atoms with Gasteiger partial charge < -0.3 is 5.32 Å². The maximum atomic E-state index is 3.52. The summed E-state index contributed by atoms with van der Waals surface area (Å²) in [6.45, 7) is 3.50. The van der Waals surface area contributed by atoms with Crippen LogP contribution in [0.25, 0.3) is 0 Å². The Morgan fingerprint density at radius 2 is 1.59 bits per heavy atom. The predicted octanol–water partition coefficient (Wildman–Crippen LogP) is 2.47. The van der Waals surface area contributed by atoms with Crippen molar-refractivity contribution in [3.05, 3.63) is 35.9 Å². The molecule has 4 heteroatoms. The molecule has 2 nitrogen and oxygen atoms in total. The van der Waals surface area contributed by atoms with E-state index in [1.54, 1.807) is 0 Å². The van der Waals surface area contributed by atoms with Crippen molar-refractivity contribution in [2.45, 2.75) is 31.5 Å². The van der Waals surface area contributed by atoms with Crippen molar-refractivity contribution in [3.63, 3.8) is 0 Å². The molecule has 2 fully saturated rings. The molecular weight excluding hydrogens is 255 g/mol. The second-order valence-electron chi connectivity index (χ2n) is 4.70. The minimum absolute atomic E-state index is 0. The van der Waals surface area contributed by atoms with Crippen molar-refractivity contribution in [3.8, 4) is 0 Å². The smallest absolute Gasteiger partial charge is 0.0240 e. The Morgan fingerprint density at radius 3 is 2.18 bits per heavy atom. The van der Waals surface area contributed by atoms with Gasteiger partial charge in [-0.2, -0.15) is 0 Å². The maximum Gasteiger partial charge on any atom is 0.0240 e. The summed E-state index contributed by atoms with van der Waals surface area (Å²) in [7, 11) is 0. The summed E-state index contributed by atoms with van der Waals surface area (Å²) in [6.07, 6.45) is 2.76. The van der Waals surface area contributed by atoms with Gasteiger partial charge in [-0.3, -0.25) is 4.90 Å². The molecule has 2 atom stereocenters. The number of hydrogen-bond donors (Lipinski definition) is 1. The number of nitrogens with zero attached hydrogens (tertiary/aromatic N) is 1. The maximum absolute atomic E-state index is 3.52. The van der Waals surface area contributed by atoms with Gasteiger partial charge in [0.15, 0.2) is 0 Å². The van der Waals surface area contributed by atoms with E-state index in [9.17, 15) is 0 Å². The quantitative estimate of drug-likeness (QED) is 0.892. The largest absolute Gasteiger partial charge is 0.314 e. The average Bonchev–Trinajstić information content (AvgIpc) is 2.53. The number of fused-ring (bicyclic) bond motifs is 2. The molecule has 96 valence electrons. The molecule has 2 heterocycles. The number of benzene rings is 1. The average molecular weight is 275 g/mol. The Labute approximate surface area is 116 Å². The highest BCUT2D eigenvalue weighted by atomic mass is 35.5. The highest BCUT2D eigenvalue weighted by Gasteiger charge is 2.35. The van der Waals surface area contributed by atoms with Crippen LogP contribution in [0.1, 0.15) is 18.4 Å². The fraction of sp³-hybridized carbons (Fsp3) is 0.538. The second-order valence-corrected chi connectivity index (χ2v) is 4.70. The van der Waals surface area contributed by atoms with E-state index in [0.717, 1.165) is 18.6 Å². The monoisotopic (exact) mass is 274 g/mol. The van der Waals surface area contributed by atoms with Crippen LogP contribution in [0.3, 0.4) is 0 Å². The van der Waals surface area contributed by atoms with Gasteiger partial charge in [0.05, 0.1) is 0 Å². The first-order chi connectivity index (χ1) is 7.43. The van der Waals surface area contributed by atoms with Crippen molar-refractivity contribution < 1.29 is 0 Å². The molecule has 0 amide bonds. The van der Waals surface area contributed by atoms with Gasteiger partial charge in [0, 0.05) is 31.7 Å². The van der Waals surface area contributed by atoms with E-state index in [1.807, 2.05) is 0 Å². The molecule has 1 N–H and O–H groups in total. The SMILES string of the molecule is Cl.Cl.c1ccc(CN2[C@@H]3CC[C@H]2CNC3)cc1. The molecule has 1 aromatic rings. The zero-order chi connectivity index (χ0) is 10.1. The van der Waals surface area contributed by atoms with Crippen LogP contribution >= 0.6 is 24.8 Å². The zero-order valence-corrected chi connectivity index (χ0v) is 11.5. The van der Waals surface area contributed by atoms with Crippen LogP contribution in [-0.4, -0.2) is 30.1 Å². The van der Waals surface area contributed by atoms with E-state index in [0.29, 0.717) is 0 Å². The lowest BCUT2D eigenvalue weighted by Gasteiger charge is -2.35. The van der Waals surface area contributed by atoms with E-state index in [1.165, 1.54) is 31.5 Å². The molecule has 0 radical (unpaired) electrons. The number of rotatable bonds is 2. The van der Waals surface area contributed by atoms with Gasteiger partial charge in [-0.15, -0.1) is 24.8 Å². The van der Waals surface area contributed by atoms with Crippen LogP contribution in [0.2, 0.25) is 0 Å². The molecular formula is C13H20Cl2N2. The minimum Gasteiger partial charge on any atom is -0.314 e. The molecule has 0 spiro atoms. The normalized spacial score (nSPS) is 27.1. The predicted molar refractivity (Wildman–Crippen MR) is 76.2 cm³/mol. The van der Waals surface area contributed by atoms with E-state index >= 15 is 0 Å². The lowest BCUT2D eigenvalue weighted by molar-refractivity contribution is 0.145. The van der Waals surface area contributed by atoms with Gasteiger partial charge in [0.25, 0.3) is 0 Å². The van der Waals surface area contributed by atoms with Crippen LogP contribution in [0.4, 0.5) is 0 Å². The fourth-order valence-electron chi connectivity index (χ4n) is 2.92. The highest BCUT2D eigenvalue weighted by Crippen LogP contribution is 2.28. The Bertz CT molecular complexity index is 315. The summed E-state index contributed by atoms with van der Waals surface area (Å²) in [4.78, 5) is 2.69. The van der Waals surface area contributed by atoms with Crippen LogP contribution in [0, 0.1) is 0 Å². The first-order valence-corrected chi connectivity index (χ1v) is 5.94. The molecule has 0 aliphatic carbocycles. The van der Waals surface area contributed by atoms with Crippen molar-refractivity contribution in [1.82, 2.24) is 10.2 Å². The zero-order valence-electron chi connectivity index (χ0n) is 9.84. The van der Waals surface area contributed by atoms with Gasteiger partial charge in [-0.05, 0) is 18.4 Å². The third-order valence-corrected chi connectivity index (χ3v) is 3.74. The molecule has 2 saturated heterocycles. The molecule has 2 bridgehead atoms. The summed E-state index contributed by atoms with van der Waals surface area (Å²) >= 11 is 0. The first kappa shape index (κ1) is 14.8. The van der Waals surface area contributed by atoms with E-state index in [-0.39, 0.29) is 24.8 Å². The van der Waals surface area contributed by atoms with E-state index in [4.69, 9.17) is 0 Å². The second kappa shape index (κ2) is 6.60. The Kier molecular flexibility index (Phi) is 5.74. The third kappa shape index (κ3) is 3.14. The Balaban J connectivity index is 0.000000722. The van der Waals surface area contributed by atoms with Gasteiger partial charge in [0.2, 0.25) is 0 Å². The number of piperazine rings is 1. The van der Waals surface area contributed by atoms with Gasteiger partial charge in [0.1, 0.15) is 0 Å². The molecule has 2 aliphatic rings. The summed E-state index contributed by atoms with van der Waals surface area (Å²) in [5, 5.41) is 3.52. The first-order valence-electron chi connectivity index (χ1n) is 5.94. The lowest BCUT2D eigenvalue weighted by Crippen LogP contribution is -2.51. The topological polar surface area (TPSA) is 15.3 Å². The summed E-state index contributed by atoms with van der Waals surface area (Å²) in [6, 6.07) is 12.4. The minimum atomic E-state index is 0. The fourth-order valence-corrected chi connectivity index (χ4v) is 2.92. The third-order valence-electron chi connectivity index (χ3n) is 3.74. The standard InChI is InChI=1S/C13H18N2.2ClH/c1-2-4-11(5-3-1)10-15-12-6-7-13(15)9-14-8-12;;/h1-5,12-14H,6-10H2;2*1H/t12-,13+;;. The summed E-state index contributed by atoms with van der Waals surface area (Å²) < 4.78 is 0. The van der Waals surface area contributed by atoms with Gasteiger partial charge >= 0.3 is 0 Å². The molecule has 3 rings (SSSR count). The highest BCUT2D eigenvalue weighted by molar-refractivity contribution is 5.85. The van der Waals surface area contributed by atoms with Crippen LogP contribution < -0.4 is 5.32 Å². The molecule has 0 unspecified atom stereocenters. The molecule has 1 aromatic carbocycles.